The minimum Gasteiger partial charge on any atom is -0.380 e. The number of nitrogens with two attached hydrogens (primary N) is 1. The van der Waals surface area contributed by atoms with Gasteiger partial charge in [0.25, 0.3) is 0 Å². The van der Waals surface area contributed by atoms with Gasteiger partial charge >= 0.3 is 0 Å². The highest BCUT2D eigenvalue weighted by atomic mass is 79.9. The van der Waals surface area contributed by atoms with Crippen molar-refractivity contribution >= 4 is 27.5 Å². The molecule has 0 radical (unpaired) electrons. The van der Waals surface area contributed by atoms with Crippen LogP contribution < -0.4 is 5.73 Å². The van der Waals surface area contributed by atoms with Gasteiger partial charge in [-0.25, -0.2) is 0 Å². The van der Waals surface area contributed by atoms with Crippen molar-refractivity contribution in [2.45, 2.75) is 50.7 Å². The summed E-state index contributed by atoms with van der Waals surface area (Å²) in [6.07, 6.45) is 7.32. The SMILES string of the molecule is COC(C(N)Cc1ccc(Br)cc1Cl)C1CCCCC1. The fraction of sp³-hybridized carbons (Fsp3) is 0.625. The Balaban J connectivity index is 2.02. The summed E-state index contributed by atoms with van der Waals surface area (Å²) in [5, 5.41) is 0.772. The van der Waals surface area contributed by atoms with Gasteiger partial charge in [0, 0.05) is 22.6 Å². The van der Waals surface area contributed by atoms with Crippen LogP contribution in [0.5, 0.6) is 0 Å². The summed E-state index contributed by atoms with van der Waals surface area (Å²) in [4.78, 5) is 0. The van der Waals surface area contributed by atoms with Crippen LogP contribution in [0, 0.1) is 5.92 Å². The van der Waals surface area contributed by atoms with Gasteiger partial charge in [0.2, 0.25) is 0 Å². The first-order valence-electron chi connectivity index (χ1n) is 7.34. The fourth-order valence-electron chi connectivity index (χ4n) is 3.24. The van der Waals surface area contributed by atoms with Gasteiger partial charge in [-0.05, 0) is 42.9 Å². The number of benzene rings is 1. The van der Waals surface area contributed by atoms with E-state index >= 15 is 0 Å². The van der Waals surface area contributed by atoms with Gasteiger partial charge in [-0.15, -0.1) is 0 Å². The van der Waals surface area contributed by atoms with E-state index in [1.807, 2.05) is 18.2 Å². The molecule has 112 valence electrons. The minimum absolute atomic E-state index is 0.00164. The summed E-state index contributed by atoms with van der Waals surface area (Å²) < 4.78 is 6.71. The van der Waals surface area contributed by atoms with Crippen LogP contribution in [-0.2, 0) is 11.2 Å². The number of halogens is 2. The third-order valence-corrected chi connectivity index (χ3v) is 5.12. The average molecular weight is 361 g/mol. The quantitative estimate of drug-likeness (QED) is 0.835. The molecule has 4 heteroatoms. The molecule has 2 nitrogen and oxygen atoms in total. The molecule has 0 saturated heterocycles. The molecule has 2 unspecified atom stereocenters. The molecule has 1 aliphatic carbocycles. The highest BCUT2D eigenvalue weighted by Crippen LogP contribution is 2.30. The van der Waals surface area contributed by atoms with Crippen molar-refractivity contribution in [3.05, 3.63) is 33.3 Å². The van der Waals surface area contributed by atoms with Crippen LogP contribution in [0.2, 0.25) is 5.02 Å². The second-order valence-corrected chi connectivity index (χ2v) is 7.02. The fourth-order valence-corrected chi connectivity index (χ4v) is 3.99. The third-order valence-electron chi connectivity index (χ3n) is 4.28. The van der Waals surface area contributed by atoms with Crippen molar-refractivity contribution in [2.24, 2.45) is 11.7 Å². The van der Waals surface area contributed by atoms with E-state index in [1.165, 1.54) is 32.1 Å². The van der Waals surface area contributed by atoms with Crippen LogP contribution in [0.3, 0.4) is 0 Å². The molecule has 0 aliphatic heterocycles. The summed E-state index contributed by atoms with van der Waals surface area (Å²) in [6, 6.07) is 5.98. The average Bonchev–Trinajstić information content (AvgIpc) is 2.44. The summed E-state index contributed by atoms with van der Waals surface area (Å²) in [6.45, 7) is 0. The summed E-state index contributed by atoms with van der Waals surface area (Å²) in [7, 11) is 1.78. The number of hydrogen-bond acceptors (Lipinski definition) is 2. The molecule has 2 atom stereocenters. The molecule has 1 aliphatic rings. The van der Waals surface area contributed by atoms with E-state index in [-0.39, 0.29) is 12.1 Å². The summed E-state index contributed by atoms with van der Waals surface area (Å²) >= 11 is 9.71. The lowest BCUT2D eigenvalue weighted by Crippen LogP contribution is -2.43. The Morgan fingerprint density at radius 3 is 2.65 bits per heavy atom. The van der Waals surface area contributed by atoms with E-state index in [4.69, 9.17) is 22.1 Å². The lowest BCUT2D eigenvalue weighted by Gasteiger charge is -2.33. The largest absolute Gasteiger partial charge is 0.380 e. The third kappa shape index (κ3) is 4.20. The number of methoxy groups -OCH3 is 1. The Morgan fingerprint density at radius 1 is 1.35 bits per heavy atom. The van der Waals surface area contributed by atoms with Crippen LogP contribution in [0.15, 0.2) is 22.7 Å². The molecule has 2 rings (SSSR count). The standard InChI is InChI=1S/C16H23BrClNO/c1-20-16(11-5-3-2-4-6-11)15(19)9-12-7-8-13(17)10-14(12)18/h7-8,10-11,15-16H,2-6,9,19H2,1H3. The molecule has 0 heterocycles. The van der Waals surface area contributed by atoms with Crippen LogP contribution in [0.1, 0.15) is 37.7 Å². The second-order valence-electron chi connectivity index (χ2n) is 5.70. The lowest BCUT2D eigenvalue weighted by molar-refractivity contribution is 0.0179. The number of rotatable bonds is 5. The Morgan fingerprint density at radius 2 is 2.05 bits per heavy atom. The van der Waals surface area contributed by atoms with Gasteiger partial charge in [-0.3, -0.25) is 0 Å². The highest BCUT2D eigenvalue weighted by molar-refractivity contribution is 9.10. The van der Waals surface area contributed by atoms with Gasteiger partial charge in [-0.1, -0.05) is 52.9 Å². The molecule has 0 spiro atoms. The molecule has 1 aromatic rings. The molecular formula is C16H23BrClNO. The predicted molar refractivity (Wildman–Crippen MR) is 88.2 cm³/mol. The van der Waals surface area contributed by atoms with Gasteiger partial charge < -0.3 is 10.5 Å². The van der Waals surface area contributed by atoms with Crippen LogP contribution >= 0.6 is 27.5 Å². The van der Waals surface area contributed by atoms with Crippen LogP contribution in [0.25, 0.3) is 0 Å². The maximum atomic E-state index is 6.40. The highest BCUT2D eigenvalue weighted by Gasteiger charge is 2.28. The van der Waals surface area contributed by atoms with Crippen molar-refractivity contribution in [1.82, 2.24) is 0 Å². The number of hydrogen-bond donors (Lipinski definition) is 1. The normalized spacial score (nSPS) is 19.8. The maximum absolute atomic E-state index is 6.40. The van der Waals surface area contributed by atoms with E-state index in [0.717, 1.165) is 21.5 Å². The summed E-state index contributed by atoms with van der Waals surface area (Å²) in [5.74, 6) is 0.595. The molecule has 1 fully saturated rings. The predicted octanol–water partition coefficient (Wildman–Crippen LogP) is 4.57. The molecule has 0 bridgehead atoms. The molecule has 2 N–H and O–H groups in total. The molecule has 0 amide bonds. The number of ether oxygens (including phenoxy) is 1. The lowest BCUT2D eigenvalue weighted by atomic mass is 9.81. The molecular weight excluding hydrogens is 338 g/mol. The Bertz CT molecular complexity index is 434. The van der Waals surface area contributed by atoms with Crippen molar-refractivity contribution in [1.29, 1.82) is 0 Å². The van der Waals surface area contributed by atoms with Crippen molar-refractivity contribution in [2.75, 3.05) is 7.11 Å². The second kappa shape index (κ2) is 7.79. The first-order valence-corrected chi connectivity index (χ1v) is 8.51. The molecule has 20 heavy (non-hydrogen) atoms. The zero-order chi connectivity index (χ0) is 14.5. The molecule has 1 saturated carbocycles. The topological polar surface area (TPSA) is 35.2 Å². The van der Waals surface area contributed by atoms with E-state index in [0.29, 0.717) is 5.92 Å². The monoisotopic (exact) mass is 359 g/mol. The van der Waals surface area contributed by atoms with E-state index in [9.17, 15) is 0 Å². The zero-order valence-electron chi connectivity index (χ0n) is 11.9. The van der Waals surface area contributed by atoms with Gasteiger partial charge in [-0.2, -0.15) is 0 Å². The summed E-state index contributed by atoms with van der Waals surface area (Å²) in [5.41, 5.74) is 7.50. The van der Waals surface area contributed by atoms with Gasteiger partial charge in [0.05, 0.1) is 6.10 Å². The smallest absolute Gasteiger partial charge is 0.0753 e. The first kappa shape index (κ1) is 16.3. The molecule has 0 aromatic heterocycles. The molecule has 1 aromatic carbocycles. The Kier molecular flexibility index (Phi) is 6.34. The van der Waals surface area contributed by atoms with Crippen LogP contribution in [-0.4, -0.2) is 19.3 Å². The van der Waals surface area contributed by atoms with Crippen molar-refractivity contribution in [3.63, 3.8) is 0 Å². The minimum atomic E-state index is 0.00164. The maximum Gasteiger partial charge on any atom is 0.0753 e. The van der Waals surface area contributed by atoms with E-state index in [2.05, 4.69) is 15.9 Å². The first-order chi connectivity index (χ1) is 9.61. The van der Waals surface area contributed by atoms with E-state index < -0.39 is 0 Å². The zero-order valence-corrected chi connectivity index (χ0v) is 14.3. The van der Waals surface area contributed by atoms with Crippen molar-refractivity contribution < 1.29 is 4.74 Å². The van der Waals surface area contributed by atoms with Crippen LogP contribution in [0.4, 0.5) is 0 Å². The Hall–Kier alpha value is -0.0900. The van der Waals surface area contributed by atoms with Gasteiger partial charge in [0.1, 0.15) is 0 Å². The van der Waals surface area contributed by atoms with Gasteiger partial charge in [0.15, 0.2) is 0 Å². The Labute approximate surface area is 135 Å². The van der Waals surface area contributed by atoms with Crippen molar-refractivity contribution in [3.8, 4) is 0 Å². The van der Waals surface area contributed by atoms with E-state index in [1.54, 1.807) is 7.11 Å².